The number of aromatic nitrogens is 1. The van der Waals surface area contributed by atoms with Crippen LogP contribution in [0.25, 0.3) is 0 Å². The van der Waals surface area contributed by atoms with Crippen LogP contribution in [-0.2, 0) is 6.54 Å². The second kappa shape index (κ2) is 4.59. The summed E-state index contributed by atoms with van der Waals surface area (Å²) in [5.41, 5.74) is 0.626. The first-order chi connectivity index (χ1) is 6.45. The quantitative estimate of drug-likeness (QED) is 0.865. The van der Waals surface area contributed by atoms with E-state index in [0.717, 1.165) is 11.3 Å². The van der Waals surface area contributed by atoms with Crippen LogP contribution in [0.1, 0.15) is 15.5 Å². The highest BCUT2D eigenvalue weighted by molar-refractivity contribution is 9.09. The van der Waals surface area contributed by atoms with Gasteiger partial charge in [-0.25, -0.2) is 4.98 Å². The molecule has 2 nitrogen and oxygen atoms in total. The van der Waals surface area contributed by atoms with Crippen molar-refractivity contribution in [2.24, 2.45) is 0 Å². The van der Waals surface area contributed by atoms with Gasteiger partial charge in [0.25, 0.3) is 0 Å². The summed E-state index contributed by atoms with van der Waals surface area (Å²) in [4.78, 5) is 2.19. The second-order valence-electron chi connectivity index (χ2n) is 2.61. The molecule has 1 aromatic heterocycles. The van der Waals surface area contributed by atoms with Gasteiger partial charge in [-0.2, -0.15) is 13.2 Å². The van der Waals surface area contributed by atoms with Crippen molar-refractivity contribution >= 4 is 27.3 Å². The van der Waals surface area contributed by atoms with Crippen molar-refractivity contribution in [1.29, 1.82) is 0 Å². The zero-order chi connectivity index (χ0) is 10.8. The third-order valence-corrected chi connectivity index (χ3v) is 3.65. The molecule has 0 saturated heterocycles. The molecule has 0 aliphatic heterocycles. The number of hydrogen-bond donors (Lipinski definition) is 1. The molecule has 14 heavy (non-hydrogen) atoms. The number of hydrogen-bond acceptors (Lipinski definition) is 3. The zero-order valence-electron chi connectivity index (χ0n) is 7.23. The third kappa shape index (κ3) is 2.93. The first-order valence-electron chi connectivity index (χ1n) is 3.75. The van der Waals surface area contributed by atoms with Crippen molar-refractivity contribution in [3.8, 4) is 0 Å². The molecule has 1 N–H and O–H groups in total. The van der Waals surface area contributed by atoms with E-state index < -0.39 is 11.0 Å². The second-order valence-corrected chi connectivity index (χ2v) is 4.42. The van der Waals surface area contributed by atoms with E-state index >= 15 is 0 Å². The number of nitrogens with one attached hydrogen (secondary N) is 1. The Morgan fingerprint density at radius 3 is 2.79 bits per heavy atom. The molecule has 1 unspecified atom stereocenters. The molecule has 0 fully saturated rings. The largest absolute Gasteiger partial charge is 0.407 e. The first kappa shape index (κ1) is 11.9. The molecule has 1 atom stereocenters. The van der Waals surface area contributed by atoms with Crippen molar-refractivity contribution in [2.45, 2.75) is 17.5 Å². The number of halogens is 4. The lowest BCUT2D eigenvalue weighted by molar-refractivity contribution is -0.128. The monoisotopic (exact) mass is 288 g/mol. The average Bonchev–Trinajstić information content (AvgIpc) is 2.50. The van der Waals surface area contributed by atoms with Crippen LogP contribution in [0.3, 0.4) is 0 Å². The maximum Gasteiger partial charge on any atom is 0.407 e. The highest BCUT2D eigenvalue weighted by Crippen LogP contribution is 2.40. The average molecular weight is 289 g/mol. The molecule has 7 heteroatoms. The van der Waals surface area contributed by atoms with Crippen LogP contribution in [0.2, 0.25) is 0 Å². The van der Waals surface area contributed by atoms with Crippen molar-refractivity contribution in [1.82, 2.24) is 10.3 Å². The molecule has 1 aromatic rings. The molecule has 0 spiro atoms. The van der Waals surface area contributed by atoms with Gasteiger partial charge in [0.15, 0.2) is 4.83 Å². The van der Waals surface area contributed by atoms with Gasteiger partial charge in [-0.15, -0.1) is 11.3 Å². The summed E-state index contributed by atoms with van der Waals surface area (Å²) in [6.45, 7) is 0.480. The van der Waals surface area contributed by atoms with E-state index in [2.05, 4.69) is 26.2 Å². The highest BCUT2D eigenvalue weighted by atomic mass is 79.9. The predicted molar refractivity (Wildman–Crippen MR) is 52.6 cm³/mol. The lowest BCUT2D eigenvalue weighted by Gasteiger charge is -2.10. The van der Waals surface area contributed by atoms with E-state index in [1.807, 2.05) is 0 Å². The first-order valence-corrected chi connectivity index (χ1v) is 5.54. The van der Waals surface area contributed by atoms with Crippen LogP contribution in [0.15, 0.2) is 5.38 Å². The van der Waals surface area contributed by atoms with Gasteiger partial charge in [0.05, 0.1) is 5.69 Å². The molecule has 1 heterocycles. The number of rotatable bonds is 3. The van der Waals surface area contributed by atoms with Crippen molar-refractivity contribution < 1.29 is 13.2 Å². The van der Waals surface area contributed by atoms with E-state index in [1.54, 1.807) is 12.4 Å². The number of nitrogens with zero attached hydrogens (tertiary/aromatic N) is 1. The molecule has 0 aliphatic carbocycles. The standard InChI is InChI=1S/C7H8BrF3N2S/c1-12-2-4-3-14-6(13-4)5(8)7(9,10)11/h3,5,12H,2H2,1H3. The minimum atomic E-state index is -4.28. The van der Waals surface area contributed by atoms with Gasteiger partial charge < -0.3 is 5.32 Å². The van der Waals surface area contributed by atoms with E-state index in [-0.39, 0.29) is 5.01 Å². The number of alkyl halides is 4. The molecule has 1 rings (SSSR count). The van der Waals surface area contributed by atoms with E-state index in [1.165, 1.54) is 0 Å². The predicted octanol–water partition coefficient (Wildman–Crippen LogP) is 2.86. The Labute approximate surface area is 91.7 Å². The maximum atomic E-state index is 12.2. The minimum absolute atomic E-state index is 0.0442. The van der Waals surface area contributed by atoms with Gasteiger partial charge in [0, 0.05) is 11.9 Å². The SMILES string of the molecule is CNCc1csc(C(Br)C(F)(F)F)n1. The molecule has 0 saturated carbocycles. The van der Waals surface area contributed by atoms with Crippen molar-refractivity contribution in [3.05, 3.63) is 16.1 Å². The lowest BCUT2D eigenvalue weighted by Crippen LogP contribution is -2.15. The Hall–Kier alpha value is -0.140. The molecule has 0 aromatic carbocycles. The normalized spacial score (nSPS) is 14.4. The Kier molecular flexibility index (Phi) is 3.91. The highest BCUT2D eigenvalue weighted by Gasteiger charge is 2.40. The molecular weight excluding hydrogens is 281 g/mol. The fourth-order valence-corrected chi connectivity index (χ4v) is 2.08. The minimum Gasteiger partial charge on any atom is -0.314 e. The molecule has 0 radical (unpaired) electrons. The van der Waals surface area contributed by atoms with Gasteiger partial charge in [-0.3, -0.25) is 0 Å². The summed E-state index contributed by atoms with van der Waals surface area (Å²) in [7, 11) is 1.72. The van der Waals surface area contributed by atoms with Crippen LogP contribution in [-0.4, -0.2) is 18.2 Å². The summed E-state index contributed by atoms with van der Waals surface area (Å²) >= 11 is 3.58. The summed E-state index contributed by atoms with van der Waals surface area (Å²) in [6, 6.07) is 0. The molecule has 80 valence electrons. The Morgan fingerprint density at radius 2 is 2.29 bits per heavy atom. The van der Waals surface area contributed by atoms with Crippen molar-refractivity contribution in [2.75, 3.05) is 7.05 Å². The molecular formula is C7H8BrF3N2S. The van der Waals surface area contributed by atoms with E-state index in [4.69, 9.17) is 0 Å². The molecule has 0 bridgehead atoms. The summed E-state index contributed by atoms with van der Waals surface area (Å²) < 4.78 is 36.7. The molecule has 0 aliphatic rings. The van der Waals surface area contributed by atoms with Gasteiger partial charge in [-0.1, -0.05) is 15.9 Å². The summed E-state index contributed by atoms with van der Waals surface area (Å²) in [5.74, 6) is 0. The van der Waals surface area contributed by atoms with Crippen LogP contribution < -0.4 is 5.32 Å². The summed E-state index contributed by atoms with van der Waals surface area (Å²) in [5, 5.41) is 4.48. The Morgan fingerprint density at radius 1 is 1.64 bits per heavy atom. The van der Waals surface area contributed by atoms with Gasteiger partial charge in [0.1, 0.15) is 5.01 Å². The van der Waals surface area contributed by atoms with Crippen LogP contribution in [0, 0.1) is 0 Å². The zero-order valence-corrected chi connectivity index (χ0v) is 9.63. The molecule has 0 amide bonds. The number of thiazole rings is 1. The Bertz CT molecular complexity index is 299. The fourth-order valence-electron chi connectivity index (χ4n) is 0.841. The third-order valence-electron chi connectivity index (χ3n) is 1.43. The topological polar surface area (TPSA) is 24.9 Å². The van der Waals surface area contributed by atoms with E-state index in [9.17, 15) is 13.2 Å². The van der Waals surface area contributed by atoms with Gasteiger partial charge in [0.2, 0.25) is 0 Å². The lowest BCUT2D eigenvalue weighted by atomic mass is 10.4. The van der Waals surface area contributed by atoms with Crippen molar-refractivity contribution in [3.63, 3.8) is 0 Å². The van der Waals surface area contributed by atoms with Crippen LogP contribution in [0.4, 0.5) is 13.2 Å². The van der Waals surface area contributed by atoms with Crippen LogP contribution in [0.5, 0.6) is 0 Å². The van der Waals surface area contributed by atoms with E-state index in [0.29, 0.717) is 12.2 Å². The smallest absolute Gasteiger partial charge is 0.314 e. The van der Waals surface area contributed by atoms with Gasteiger partial charge in [-0.05, 0) is 7.05 Å². The van der Waals surface area contributed by atoms with Crippen LogP contribution >= 0.6 is 27.3 Å². The Balaban J connectivity index is 2.76. The fraction of sp³-hybridized carbons (Fsp3) is 0.571. The van der Waals surface area contributed by atoms with Gasteiger partial charge >= 0.3 is 6.18 Å². The summed E-state index contributed by atoms with van der Waals surface area (Å²) in [6.07, 6.45) is -4.28. The maximum absolute atomic E-state index is 12.2.